The first-order chi connectivity index (χ1) is 10.7. The lowest BCUT2D eigenvalue weighted by Gasteiger charge is -2.38. The maximum Gasteiger partial charge on any atom is 0.245 e. The molecule has 0 N–H and O–H groups in total. The van der Waals surface area contributed by atoms with Gasteiger partial charge in [-0.25, -0.2) is 0 Å². The number of carbonyl (C=O) groups is 2. The van der Waals surface area contributed by atoms with Crippen molar-refractivity contribution in [1.29, 1.82) is 0 Å². The van der Waals surface area contributed by atoms with E-state index in [9.17, 15) is 9.59 Å². The molecule has 4 aliphatic rings. The second kappa shape index (κ2) is 5.84. The predicted molar refractivity (Wildman–Crippen MR) is 81.2 cm³/mol. The Labute approximate surface area is 132 Å². The van der Waals surface area contributed by atoms with Crippen LogP contribution in [0.25, 0.3) is 0 Å². The molecule has 2 bridgehead atoms. The molecule has 0 saturated carbocycles. The van der Waals surface area contributed by atoms with Gasteiger partial charge in [-0.1, -0.05) is 0 Å². The van der Waals surface area contributed by atoms with Crippen molar-refractivity contribution in [2.24, 2.45) is 5.92 Å². The van der Waals surface area contributed by atoms with E-state index in [0.717, 1.165) is 71.0 Å². The summed E-state index contributed by atoms with van der Waals surface area (Å²) in [6, 6.07) is -0.210. The lowest BCUT2D eigenvalue weighted by atomic mass is 9.87. The van der Waals surface area contributed by atoms with Crippen LogP contribution in [0.1, 0.15) is 51.4 Å². The van der Waals surface area contributed by atoms with Crippen LogP contribution in [0.4, 0.5) is 0 Å². The summed E-state index contributed by atoms with van der Waals surface area (Å²) >= 11 is 0. The van der Waals surface area contributed by atoms with Crippen LogP contribution in [-0.2, 0) is 14.3 Å². The minimum absolute atomic E-state index is 0.00530. The average Bonchev–Trinajstić information content (AvgIpc) is 3.30. The molecule has 2 amide bonds. The van der Waals surface area contributed by atoms with Crippen LogP contribution in [0.2, 0.25) is 0 Å². The van der Waals surface area contributed by atoms with Crippen LogP contribution in [0.3, 0.4) is 0 Å². The van der Waals surface area contributed by atoms with Crippen LogP contribution >= 0.6 is 0 Å². The van der Waals surface area contributed by atoms with Gasteiger partial charge in [-0.15, -0.1) is 0 Å². The quantitative estimate of drug-likeness (QED) is 0.778. The first kappa shape index (κ1) is 14.5. The van der Waals surface area contributed by atoms with E-state index in [0.29, 0.717) is 0 Å². The minimum Gasteiger partial charge on any atom is -0.374 e. The van der Waals surface area contributed by atoms with Gasteiger partial charge >= 0.3 is 0 Å². The van der Waals surface area contributed by atoms with E-state index >= 15 is 0 Å². The summed E-state index contributed by atoms with van der Waals surface area (Å²) in [5.74, 6) is 0.379. The largest absolute Gasteiger partial charge is 0.374 e. The Morgan fingerprint density at radius 3 is 2.32 bits per heavy atom. The number of carbonyl (C=O) groups excluding carboxylic acids is 2. The number of piperidine rings is 1. The van der Waals surface area contributed by atoms with Crippen molar-refractivity contribution >= 4 is 11.8 Å². The van der Waals surface area contributed by atoms with Crippen LogP contribution in [0.5, 0.6) is 0 Å². The minimum atomic E-state index is -0.210. The Kier molecular flexibility index (Phi) is 3.84. The molecule has 0 aliphatic carbocycles. The van der Waals surface area contributed by atoms with E-state index in [1.54, 1.807) is 0 Å². The van der Waals surface area contributed by atoms with E-state index in [1.165, 1.54) is 0 Å². The zero-order chi connectivity index (χ0) is 15.1. The van der Waals surface area contributed by atoms with Crippen molar-refractivity contribution in [3.05, 3.63) is 0 Å². The summed E-state index contributed by atoms with van der Waals surface area (Å²) in [6.07, 6.45) is 8.51. The van der Waals surface area contributed by atoms with Gasteiger partial charge in [0.25, 0.3) is 0 Å². The molecule has 4 fully saturated rings. The highest BCUT2D eigenvalue weighted by Crippen LogP contribution is 2.40. The zero-order valence-corrected chi connectivity index (χ0v) is 13.2. The van der Waals surface area contributed by atoms with E-state index in [1.807, 2.05) is 9.80 Å². The van der Waals surface area contributed by atoms with Crippen LogP contribution in [-0.4, -0.2) is 59.5 Å². The number of nitrogens with zero attached hydrogens (tertiary/aromatic N) is 2. The number of amides is 2. The number of likely N-dealkylation sites (tertiary alicyclic amines) is 2. The van der Waals surface area contributed by atoms with Gasteiger partial charge in [-0.05, 0) is 51.4 Å². The van der Waals surface area contributed by atoms with E-state index < -0.39 is 0 Å². The van der Waals surface area contributed by atoms with E-state index in [-0.39, 0.29) is 36.0 Å². The molecule has 122 valence electrons. The molecule has 5 nitrogen and oxygen atoms in total. The summed E-state index contributed by atoms with van der Waals surface area (Å²) in [6.45, 7) is 2.49. The summed E-state index contributed by atoms with van der Waals surface area (Å²) in [7, 11) is 0. The Morgan fingerprint density at radius 1 is 0.864 bits per heavy atom. The molecule has 0 unspecified atom stereocenters. The smallest absolute Gasteiger partial charge is 0.245 e. The highest BCUT2D eigenvalue weighted by molar-refractivity contribution is 5.89. The Morgan fingerprint density at radius 2 is 1.64 bits per heavy atom. The fourth-order valence-electron chi connectivity index (χ4n) is 4.71. The zero-order valence-electron chi connectivity index (χ0n) is 13.2. The van der Waals surface area contributed by atoms with Gasteiger partial charge in [0.2, 0.25) is 11.8 Å². The van der Waals surface area contributed by atoms with Gasteiger partial charge in [0.15, 0.2) is 0 Å². The lowest BCUT2D eigenvalue weighted by Crippen LogP contribution is -2.54. The fraction of sp³-hybridized carbons (Fsp3) is 0.882. The Bertz CT molecular complexity index is 461. The van der Waals surface area contributed by atoms with Gasteiger partial charge in [0.05, 0.1) is 18.1 Å². The average molecular weight is 306 g/mol. The van der Waals surface area contributed by atoms with Crippen LogP contribution in [0.15, 0.2) is 0 Å². The molecule has 5 heteroatoms. The fourth-order valence-corrected chi connectivity index (χ4v) is 4.71. The monoisotopic (exact) mass is 306 g/mol. The maximum absolute atomic E-state index is 13.0. The molecule has 4 rings (SSSR count). The normalized spacial score (nSPS) is 37.8. The summed E-state index contributed by atoms with van der Waals surface area (Å²) < 4.78 is 5.85. The van der Waals surface area contributed by atoms with Crippen molar-refractivity contribution in [1.82, 2.24) is 9.80 Å². The van der Waals surface area contributed by atoms with E-state index in [4.69, 9.17) is 4.74 Å². The number of fused-ring (bicyclic) bond motifs is 2. The van der Waals surface area contributed by atoms with Crippen molar-refractivity contribution in [2.45, 2.75) is 69.6 Å². The molecule has 0 radical (unpaired) electrons. The van der Waals surface area contributed by atoms with Crippen molar-refractivity contribution in [3.63, 3.8) is 0 Å². The highest BCUT2D eigenvalue weighted by atomic mass is 16.5. The maximum atomic E-state index is 13.0. The number of hydrogen-bond acceptors (Lipinski definition) is 3. The number of ether oxygens (including phenoxy) is 1. The van der Waals surface area contributed by atoms with Crippen molar-refractivity contribution in [3.8, 4) is 0 Å². The van der Waals surface area contributed by atoms with Crippen LogP contribution < -0.4 is 0 Å². The Balaban J connectivity index is 1.48. The third-order valence-electron chi connectivity index (χ3n) is 5.91. The van der Waals surface area contributed by atoms with Gasteiger partial charge in [-0.3, -0.25) is 9.59 Å². The third-order valence-corrected chi connectivity index (χ3v) is 5.91. The molecule has 0 aromatic rings. The summed E-state index contributed by atoms with van der Waals surface area (Å²) in [5.41, 5.74) is 0. The molecule has 0 aromatic carbocycles. The second-order valence-corrected chi connectivity index (χ2v) is 7.29. The van der Waals surface area contributed by atoms with Gasteiger partial charge in [-0.2, -0.15) is 0 Å². The summed E-state index contributed by atoms with van der Waals surface area (Å²) in [5, 5.41) is 0. The second-order valence-electron chi connectivity index (χ2n) is 7.29. The molecule has 4 aliphatic heterocycles. The number of hydrogen-bond donors (Lipinski definition) is 0. The summed E-state index contributed by atoms with van der Waals surface area (Å²) in [4.78, 5) is 29.7. The first-order valence-corrected chi connectivity index (χ1v) is 8.99. The SMILES string of the molecule is O=C([C@@H]1CCCCN1C(=O)[C@H]1C[C@H]2CC[C@H]1O2)N1CCCC1. The molecule has 22 heavy (non-hydrogen) atoms. The van der Waals surface area contributed by atoms with Gasteiger partial charge < -0.3 is 14.5 Å². The Hall–Kier alpha value is -1.10. The molecule has 4 saturated heterocycles. The molecule has 0 spiro atoms. The topological polar surface area (TPSA) is 49.9 Å². The predicted octanol–water partition coefficient (Wildman–Crippen LogP) is 1.56. The van der Waals surface area contributed by atoms with Gasteiger partial charge in [0.1, 0.15) is 6.04 Å². The molecule has 4 heterocycles. The number of rotatable bonds is 2. The first-order valence-electron chi connectivity index (χ1n) is 8.99. The van der Waals surface area contributed by atoms with Crippen molar-refractivity contribution < 1.29 is 14.3 Å². The van der Waals surface area contributed by atoms with E-state index in [2.05, 4.69) is 0 Å². The molecule has 4 atom stereocenters. The highest BCUT2D eigenvalue weighted by Gasteiger charge is 2.47. The standard InChI is InChI=1S/C17H26N2O3/c20-16(13-11-12-6-7-15(13)22-12)19-10-2-1-5-14(19)17(21)18-8-3-4-9-18/h12-15H,1-11H2/t12-,13+,14+,15-/m1/s1. The molecular weight excluding hydrogens is 280 g/mol. The molecular formula is C17H26N2O3. The lowest BCUT2D eigenvalue weighted by molar-refractivity contribution is -0.150. The third kappa shape index (κ3) is 2.43. The van der Waals surface area contributed by atoms with Crippen molar-refractivity contribution in [2.75, 3.05) is 19.6 Å². The van der Waals surface area contributed by atoms with Gasteiger partial charge in [0, 0.05) is 19.6 Å². The van der Waals surface area contributed by atoms with Crippen LogP contribution in [0, 0.1) is 5.92 Å². The molecule has 0 aromatic heterocycles.